The van der Waals surface area contributed by atoms with Gasteiger partial charge in [0.2, 0.25) is 5.95 Å². The highest BCUT2D eigenvalue weighted by Gasteiger charge is 2.10. The van der Waals surface area contributed by atoms with E-state index in [9.17, 15) is 13.6 Å². The van der Waals surface area contributed by atoms with Crippen molar-refractivity contribution in [3.63, 3.8) is 0 Å². The van der Waals surface area contributed by atoms with Crippen LogP contribution in [0.15, 0.2) is 29.4 Å². The Balaban J connectivity index is 2.06. The van der Waals surface area contributed by atoms with Crippen LogP contribution < -0.4 is 5.43 Å². The van der Waals surface area contributed by atoms with Crippen molar-refractivity contribution in [2.45, 2.75) is 6.92 Å². The zero-order chi connectivity index (χ0) is 14.7. The van der Waals surface area contributed by atoms with Crippen molar-refractivity contribution in [2.24, 2.45) is 12.1 Å². The van der Waals surface area contributed by atoms with Crippen molar-refractivity contribution in [3.8, 4) is 0 Å². The summed E-state index contributed by atoms with van der Waals surface area (Å²) >= 11 is 0. The molecule has 0 aliphatic heterocycles. The van der Waals surface area contributed by atoms with Gasteiger partial charge >= 0.3 is 0 Å². The molecule has 0 bridgehead atoms. The number of nitrogens with one attached hydrogen (secondary N) is 1. The summed E-state index contributed by atoms with van der Waals surface area (Å²) in [5.41, 5.74) is 3.15. The van der Waals surface area contributed by atoms with Crippen LogP contribution >= 0.6 is 0 Å². The predicted octanol–water partition coefficient (Wildman–Crippen LogP) is 1.77. The number of nitrogens with zero attached hydrogens (tertiary/aromatic N) is 3. The second kappa shape index (κ2) is 5.60. The molecule has 0 unspecified atom stereocenters. The van der Waals surface area contributed by atoms with E-state index < -0.39 is 17.7 Å². The van der Waals surface area contributed by atoms with Crippen molar-refractivity contribution in [1.29, 1.82) is 0 Å². The van der Waals surface area contributed by atoms with Crippen molar-refractivity contribution in [3.05, 3.63) is 52.9 Å². The molecule has 0 saturated heterocycles. The van der Waals surface area contributed by atoms with Gasteiger partial charge in [0.05, 0.1) is 17.5 Å². The molecule has 1 aromatic carbocycles. The van der Waals surface area contributed by atoms with Crippen LogP contribution in [0.2, 0.25) is 0 Å². The molecular formula is C13H12F2N4O. The third-order valence-electron chi connectivity index (χ3n) is 2.66. The Labute approximate surface area is 113 Å². The van der Waals surface area contributed by atoms with E-state index in [1.165, 1.54) is 37.5 Å². The van der Waals surface area contributed by atoms with Crippen LogP contribution in [-0.2, 0) is 7.05 Å². The van der Waals surface area contributed by atoms with E-state index in [0.29, 0.717) is 5.69 Å². The average molecular weight is 278 g/mol. The smallest absolute Gasteiger partial charge is 0.267 e. The number of hydrogen-bond donors (Lipinski definition) is 1. The molecule has 20 heavy (non-hydrogen) atoms. The molecule has 5 nitrogen and oxygen atoms in total. The molecule has 0 saturated carbocycles. The molecule has 1 N–H and O–H groups in total. The van der Waals surface area contributed by atoms with Crippen molar-refractivity contribution in [2.75, 3.05) is 0 Å². The van der Waals surface area contributed by atoms with Crippen molar-refractivity contribution in [1.82, 2.24) is 15.2 Å². The molecule has 0 aliphatic carbocycles. The number of amides is 1. The SMILES string of the molecule is Cc1nn(C)c(F)c1/C=N/NC(=O)c1ccc(F)cc1. The first kappa shape index (κ1) is 13.9. The Kier molecular flexibility index (Phi) is 3.88. The van der Waals surface area contributed by atoms with Gasteiger partial charge in [0, 0.05) is 12.6 Å². The summed E-state index contributed by atoms with van der Waals surface area (Å²) < 4.78 is 27.4. The van der Waals surface area contributed by atoms with Crippen LogP contribution in [0.1, 0.15) is 21.6 Å². The second-order valence-corrected chi connectivity index (χ2v) is 4.12. The molecule has 2 rings (SSSR count). The molecule has 0 radical (unpaired) electrons. The fraction of sp³-hybridized carbons (Fsp3) is 0.154. The molecule has 0 fully saturated rings. The Bertz CT molecular complexity index is 662. The molecule has 0 aliphatic rings. The first-order valence-corrected chi connectivity index (χ1v) is 5.77. The number of rotatable bonds is 3. The van der Waals surface area contributed by atoms with E-state index in [2.05, 4.69) is 15.6 Å². The number of hydrazone groups is 1. The van der Waals surface area contributed by atoms with E-state index in [-0.39, 0.29) is 11.1 Å². The summed E-state index contributed by atoms with van der Waals surface area (Å²) in [7, 11) is 1.47. The first-order valence-electron chi connectivity index (χ1n) is 5.77. The van der Waals surface area contributed by atoms with Gasteiger partial charge in [0.1, 0.15) is 5.82 Å². The summed E-state index contributed by atoms with van der Waals surface area (Å²) in [5.74, 6) is -1.48. The van der Waals surface area contributed by atoms with Crippen LogP contribution in [0.3, 0.4) is 0 Å². The summed E-state index contributed by atoms with van der Waals surface area (Å²) in [6, 6.07) is 5.00. The van der Waals surface area contributed by atoms with Gasteiger partial charge in [0.25, 0.3) is 5.91 Å². The highest BCUT2D eigenvalue weighted by molar-refractivity contribution is 5.94. The average Bonchev–Trinajstić information content (AvgIpc) is 2.65. The minimum atomic E-state index is -0.540. The first-order chi connectivity index (χ1) is 9.49. The largest absolute Gasteiger partial charge is 0.271 e. The maximum absolute atomic E-state index is 13.6. The molecule has 1 heterocycles. The van der Waals surface area contributed by atoms with Gasteiger partial charge in [-0.15, -0.1) is 0 Å². The van der Waals surface area contributed by atoms with E-state index in [4.69, 9.17) is 0 Å². The van der Waals surface area contributed by atoms with E-state index >= 15 is 0 Å². The Hall–Kier alpha value is -2.57. The molecule has 1 aromatic heterocycles. The lowest BCUT2D eigenvalue weighted by atomic mass is 10.2. The zero-order valence-corrected chi connectivity index (χ0v) is 10.9. The maximum Gasteiger partial charge on any atom is 0.271 e. The van der Waals surface area contributed by atoms with Crippen LogP contribution in [-0.4, -0.2) is 21.9 Å². The molecular weight excluding hydrogens is 266 g/mol. The molecule has 104 valence electrons. The summed E-state index contributed by atoms with van der Waals surface area (Å²) in [4.78, 5) is 11.7. The topological polar surface area (TPSA) is 59.3 Å². The number of carbonyl (C=O) groups excluding carboxylic acids is 1. The lowest BCUT2D eigenvalue weighted by Crippen LogP contribution is -2.17. The number of carbonyl (C=O) groups is 1. The number of aryl methyl sites for hydroxylation is 2. The lowest BCUT2D eigenvalue weighted by molar-refractivity contribution is 0.0955. The van der Waals surface area contributed by atoms with Gasteiger partial charge in [-0.05, 0) is 31.2 Å². The highest BCUT2D eigenvalue weighted by atomic mass is 19.1. The minimum Gasteiger partial charge on any atom is -0.267 e. The number of hydrogen-bond acceptors (Lipinski definition) is 3. The van der Waals surface area contributed by atoms with Crippen LogP contribution in [0, 0.1) is 18.7 Å². The number of benzene rings is 1. The van der Waals surface area contributed by atoms with Crippen LogP contribution in [0.25, 0.3) is 0 Å². The Morgan fingerprint density at radius 1 is 1.35 bits per heavy atom. The van der Waals surface area contributed by atoms with Crippen LogP contribution in [0.4, 0.5) is 8.78 Å². The Morgan fingerprint density at radius 2 is 2.00 bits per heavy atom. The van der Waals surface area contributed by atoms with Gasteiger partial charge in [-0.25, -0.2) is 14.5 Å². The highest BCUT2D eigenvalue weighted by Crippen LogP contribution is 2.08. The fourth-order valence-electron chi connectivity index (χ4n) is 1.61. The summed E-state index contributed by atoms with van der Waals surface area (Å²) in [5, 5.41) is 7.54. The summed E-state index contributed by atoms with van der Waals surface area (Å²) in [6.07, 6.45) is 1.18. The molecule has 2 aromatic rings. The van der Waals surface area contributed by atoms with Gasteiger partial charge < -0.3 is 0 Å². The lowest BCUT2D eigenvalue weighted by Gasteiger charge is -1.99. The maximum atomic E-state index is 13.6. The Morgan fingerprint density at radius 3 is 2.55 bits per heavy atom. The summed E-state index contributed by atoms with van der Waals surface area (Å²) in [6.45, 7) is 1.63. The van der Waals surface area contributed by atoms with E-state index in [0.717, 1.165) is 4.68 Å². The third kappa shape index (κ3) is 2.87. The van der Waals surface area contributed by atoms with E-state index in [1.807, 2.05) is 0 Å². The van der Waals surface area contributed by atoms with Crippen LogP contribution in [0.5, 0.6) is 0 Å². The molecule has 0 atom stereocenters. The number of halogens is 2. The monoisotopic (exact) mass is 278 g/mol. The minimum absolute atomic E-state index is 0.201. The molecule has 7 heteroatoms. The predicted molar refractivity (Wildman–Crippen MR) is 69.4 cm³/mol. The second-order valence-electron chi connectivity index (χ2n) is 4.12. The zero-order valence-electron chi connectivity index (χ0n) is 10.9. The van der Waals surface area contributed by atoms with Gasteiger partial charge in [0.15, 0.2) is 0 Å². The standard InChI is InChI=1S/C13H12F2N4O/c1-8-11(12(15)19(2)18-8)7-16-17-13(20)9-3-5-10(14)6-4-9/h3-7H,1-2H3,(H,17,20)/b16-7+. The van der Waals surface area contributed by atoms with Gasteiger partial charge in [-0.1, -0.05) is 0 Å². The quantitative estimate of drug-likeness (QED) is 0.687. The molecule has 1 amide bonds. The van der Waals surface area contributed by atoms with Gasteiger partial charge in [-0.3, -0.25) is 4.79 Å². The third-order valence-corrected chi connectivity index (χ3v) is 2.66. The normalized spacial score (nSPS) is 11.0. The fourth-order valence-corrected chi connectivity index (χ4v) is 1.61. The van der Waals surface area contributed by atoms with Crippen molar-refractivity contribution >= 4 is 12.1 Å². The number of aromatic nitrogens is 2. The van der Waals surface area contributed by atoms with E-state index in [1.54, 1.807) is 6.92 Å². The van der Waals surface area contributed by atoms with Gasteiger partial charge in [-0.2, -0.15) is 14.6 Å². The molecule has 0 spiro atoms. The van der Waals surface area contributed by atoms with Crippen molar-refractivity contribution < 1.29 is 13.6 Å².